The minimum atomic E-state index is -0.727. The number of ether oxygens (including phenoxy) is 2. The number of likely N-dealkylation sites (tertiary alicyclic amines) is 1. The zero-order valence-electron chi connectivity index (χ0n) is 26.2. The van der Waals surface area contributed by atoms with Crippen molar-refractivity contribution in [3.05, 3.63) is 101 Å². The SMILES string of the molecule is CCOc1cc(F)c(CNc2ccccc2C(=N)c2ncc(CC3CN(C(=O)OC(C)(C)C)C3)c(Nc3ccncc3)n2)c(F)c1. The Labute approximate surface area is 266 Å². The molecule has 12 heteroatoms. The summed E-state index contributed by atoms with van der Waals surface area (Å²) in [5, 5.41) is 15.4. The third-order valence-corrected chi connectivity index (χ3v) is 7.23. The highest BCUT2D eigenvalue weighted by Crippen LogP contribution is 2.28. The first-order valence-electron chi connectivity index (χ1n) is 15.0. The van der Waals surface area contributed by atoms with Crippen LogP contribution in [0.25, 0.3) is 0 Å². The van der Waals surface area contributed by atoms with Crippen molar-refractivity contribution >= 4 is 29.0 Å². The molecule has 10 nitrogen and oxygen atoms in total. The molecule has 3 N–H and O–H groups in total. The van der Waals surface area contributed by atoms with Gasteiger partial charge in [-0.3, -0.25) is 10.4 Å². The number of carbonyl (C=O) groups excluding carboxylic acids is 1. The van der Waals surface area contributed by atoms with E-state index in [1.54, 1.807) is 54.7 Å². The number of halogens is 2. The first-order valence-corrected chi connectivity index (χ1v) is 15.0. The first-order chi connectivity index (χ1) is 22.0. The lowest BCUT2D eigenvalue weighted by Gasteiger charge is -2.40. The largest absolute Gasteiger partial charge is 0.494 e. The van der Waals surface area contributed by atoms with E-state index >= 15 is 0 Å². The number of aromatic nitrogens is 3. The maximum Gasteiger partial charge on any atom is 0.410 e. The molecule has 1 aliphatic rings. The van der Waals surface area contributed by atoms with Gasteiger partial charge in [-0.05, 0) is 58.2 Å². The number of para-hydroxylation sites is 1. The van der Waals surface area contributed by atoms with Gasteiger partial charge in [0.25, 0.3) is 0 Å². The maximum atomic E-state index is 14.7. The Balaban J connectivity index is 1.35. The molecule has 0 saturated carbocycles. The second-order valence-electron chi connectivity index (χ2n) is 12.0. The van der Waals surface area contributed by atoms with Crippen LogP contribution >= 0.6 is 0 Å². The van der Waals surface area contributed by atoms with Gasteiger partial charge in [0.1, 0.15) is 34.5 Å². The fourth-order valence-corrected chi connectivity index (χ4v) is 5.00. The van der Waals surface area contributed by atoms with Gasteiger partial charge in [-0.2, -0.15) is 0 Å². The number of carbonyl (C=O) groups is 1. The molecule has 1 amide bonds. The van der Waals surface area contributed by atoms with E-state index < -0.39 is 17.2 Å². The predicted octanol–water partition coefficient (Wildman–Crippen LogP) is 6.73. The topological polar surface area (TPSA) is 125 Å². The van der Waals surface area contributed by atoms with Crippen molar-refractivity contribution in [1.29, 1.82) is 5.41 Å². The number of nitrogens with one attached hydrogen (secondary N) is 3. The molecule has 5 rings (SSSR count). The summed E-state index contributed by atoms with van der Waals surface area (Å²) < 4.78 is 40.1. The molecule has 1 fully saturated rings. The van der Waals surface area contributed by atoms with Gasteiger partial charge >= 0.3 is 6.09 Å². The van der Waals surface area contributed by atoms with Gasteiger partial charge in [0, 0.05) is 78.4 Å². The van der Waals surface area contributed by atoms with Crippen LogP contribution in [0, 0.1) is 23.0 Å². The van der Waals surface area contributed by atoms with Crippen molar-refractivity contribution in [3.63, 3.8) is 0 Å². The second-order valence-corrected chi connectivity index (χ2v) is 12.0. The minimum Gasteiger partial charge on any atom is -0.494 e. The summed E-state index contributed by atoms with van der Waals surface area (Å²) in [6, 6.07) is 12.9. The molecule has 0 atom stereocenters. The number of nitrogens with zero attached hydrogens (tertiary/aromatic N) is 4. The molecule has 1 saturated heterocycles. The van der Waals surface area contributed by atoms with E-state index in [9.17, 15) is 13.6 Å². The lowest BCUT2D eigenvalue weighted by atomic mass is 9.93. The molecule has 0 radical (unpaired) electrons. The zero-order valence-corrected chi connectivity index (χ0v) is 26.2. The quantitative estimate of drug-likeness (QED) is 0.156. The monoisotopic (exact) mass is 629 g/mol. The molecule has 3 heterocycles. The van der Waals surface area contributed by atoms with E-state index in [1.807, 2.05) is 32.9 Å². The van der Waals surface area contributed by atoms with Crippen molar-refractivity contribution in [3.8, 4) is 5.75 Å². The highest BCUT2D eigenvalue weighted by atomic mass is 19.1. The standard InChI is InChI=1S/C34H37F2N7O3/c1-5-45-24-15-27(35)26(28(36)16-24)18-39-29-9-7-6-8-25(29)30(37)32-40-17-22(31(42-32)41-23-10-12-38-13-11-23)14-21-19-43(20-21)33(44)46-34(2,3)4/h6-13,15-17,21,37,39H,5,14,18-20H2,1-4H3,(H,38,40,41,42). The van der Waals surface area contributed by atoms with Crippen LogP contribution in [0.4, 0.5) is 30.8 Å². The lowest BCUT2D eigenvalue weighted by molar-refractivity contribution is -0.000872. The second kappa shape index (κ2) is 13.9. The molecule has 2 aromatic heterocycles. The molecule has 46 heavy (non-hydrogen) atoms. The van der Waals surface area contributed by atoms with Gasteiger partial charge in [-0.1, -0.05) is 18.2 Å². The Morgan fingerprint density at radius 2 is 1.78 bits per heavy atom. The average molecular weight is 630 g/mol. The summed E-state index contributed by atoms with van der Waals surface area (Å²) in [6.07, 6.45) is 5.29. The highest BCUT2D eigenvalue weighted by Gasteiger charge is 2.34. The van der Waals surface area contributed by atoms with E-state index in [-0.39, 0.29) is 41.4 Å². The number of hydrogen-bond donors (Lipinski definition) is 3. The summed E-state index contributed by atoms with van der Waals surface area (Å²) in [5.41, 5.74) is 1.87. The Bertz CT molecular complexity index is 1680. The third-order valence-electron chi connectivity index (χ3n) is 7.23. The molecule has 0 bridgehead atoms. The summed E-state index contributed by atoms with van der Waals surface area (Å²) >= 11 is 0. The van der Waals surface area contributed by atoms with Crippen LogP contribution in [0.2, 0.25) is 0 Å². The number of rotatable bonds is 11. The van der Waals surface area contributed by atoms with Crippen LogP contribution in [-0.4, -0.2) is 57.0 Å². The molecule has 4 aromatic rings. The van der Waals surface area contributed by atoms with Gasteiger partial charge in [0.2, 0.25) is 0 Å². The Hall–Kier alpha value is -5.13. The Kier molecular flexibility index (Phi) is 9.74. The summed E-state index contributed by atoms with van der Waals surface area (Å²) in [5.74, 6) is -0.451. The summed E-state index contributed by atoms with van der Waals surface area (Å²) in [4.78, 5) is 27.4. The fraction of sp³-hybridized carbons (Fsp3) is 0.324. The zero-order chi connectivity index (χ0) is 32.8. The Morgan fingerprint density at radius 1 is 1.09 bits per heavy atom. The van der Waals surface area contributed by atoms with Crippen LogP contribution in [0.3, 0.4) is 0 Å². The number of hydrogen-bond acceptors (Lipinski definition) is 9. The third kappa shape index (κ3) is 7.92. The van der Waals surface area contributed by atoms with Gasteiger partial charge in [0.15, 0.2) is 5.82 Å². The molecular weight excluding hydrogens is 592 g/mol. The lowest BCUT2D eigenvalue weighted by Crippen LogP contribution is -2.52. The van der Waals surface area contributed by atoms with Gasteiger partial charge in [-0.15, -0.1) is 0 Å². The Morgan fingerprint density at radius 3 is 2.46 bits per heavy atom. The number of amides is 1. The summed E-state index contributed by atoms with van der Waals surface area (Å²) in [7, 11) is 0. The van der Waals surface area contributed by atoms with E-state index in [4.69, 9.17) is 19.9 Å². The molecule has 2 aromatic carbocycles. The normalized spacial score (nSPS) is 13.1. The highest BCUT2D eigenvalue weighted by molar-refractivity contribution is 6.12. The fourth-order valence-electron chi connectivity index (χ4n) is 5.00. The van der Waals surface area contributed by atoms with Crippen molar-refractivity contribution in [2.24, 2.45) is 5.92 Å². The number of pyridine rings is 1. The molecule has 1 aliphatic heterocycles. The van der Waals surface area contributed by atoms with Crippen molar-refractivity contribution in [2.45, 2.75) is 46.3 Å². The number of anilines is 3. The molecule has 240 valence electrons. The minimum absolute atomic E-state index is 0.0276. The number of benzene rings is 2. The van der Waals surface area contributed by atoms with Crippen molar-refractivity contribution in [2.75, 3.05) is 30.3 Å². The van der Waals surface area contributed by atoms with Crippen LogP contribution in [-0.2, 0) is 17.7 Å². The van der Waals surface area contributed by atoms with Crippen LogP contribution in [0.1, 0.15) is 50.2 Å². The van der Waals surface area contributed by atoms with Gasteiger partial charge in [0.05, 0.1) is 6.61 Å². The van der Waals surface area contributed by atoms with E-state index in [1.165, 1.54) is 0 Å². The van der Waals surface area contributed by atoms with Gasteiger partial charge in [-0.25, -0.2) is 23.5 Å². The first kappa shape index (κ1) is 32.3. The van der Waals surface area contributed by atoms with E-state index in [0.717, 1.165) is 23.4 Å². The van der Waals surface area contributed by atoms with Crippen molar-refractivity contribution in [1.82, 2.24) is 19.9 Å². The smallest absolute Gasteiger partial charge is 0.410 e. The maximum absolute atomic E-state index is 14.7. The van der Waals surface area contributed by atoms with E-state index in [2.05, 4.69) is 20.6 Å². The molecule has 0 spiro atoms. The van der Waals surface area contributed by atoms with Crippen LogP contribution in [0.15, 0.2) is 67.1 Å². The van der Waals surface area contributed by atoms with Crippen molar-refractivity contribution < 1.29 is 23.0 Å². The summed E-state index contributed by atoms with van der Waals surface area (Å²) in [6.45, 7) is 8.50. The molecular formula is C34H37F2N7O3. The van der Waals surface area contributed by atoms with E-state index in [0.29, 0.717) is 43.2 Å². The van der Waals surface area contributed by atoms with Crippen LogP contribution < -0.4 is 15.4 Å². The van der Waals surface area contributed by atoms with Gasteiger partial charge < -0.3 is 25.0 Å². The average Bonchev–Trinajstić information content (AvgIpc) is 2.98. The predicted molar refractivity (Wildman–Crippen MR) is 172 cm³/mol. The molecule has 0 unspecified atom stereocenters. The van der Waals surface area contributed by atoms with Crippen LogP contribution in [0.5, 0.6) is 5.75 Å². The molecule has 0 aliphatic carbocycles.